The number of rotatable bonds is 4. The fourth-order valence-corrected chi connectivity index (χ4v) is 5.13. The zero-order valence-electron chi connectivity index (χ0n) is 14.7. The zero-order chi connectivity index (χ0) is 18.0. The van der Waals surface area contributed by atoms with Crippen LogP contribution in [0.25, 0.3) is 0 Å². The Kier molecular flexibility index (Phi) is 5.08. The van der Waals surface area contributed by atoms with Gasteiger partial charge in [-0.1, -0.05) is 6.07 Å². The highest BCUT2D eigenvalue weighted by molar-refractivity contribution is 7.89. The highest BCUT2D eigenvalue weighted by atomic mass is 32.2. The third-order valence-corrected chi connectivity index (χ3v) is 6.59. The van der Waals surface area contributed by atoms with Crippen LogP contribution in [0.3, 0.4) is 0 Å². The predicted molar refractivity (Wildman–Crippen MR) is 96.2 cm³/mol. The Labute approximate surface area is 148 Å². The van der Waals surface area contributed by atoms with Crippen LogP contribution < -0.4 is 10.1 Å². The summed E-state index contributed by atoms with van der Waals surface area (Å²) in [6.45, 7) is 5.28. The summed E-state index contributed by atoms with van der Waals surface area (Å²) in [7, 11) is -2.04. The van der Waals surface area contributed by atoms with Crippen LogP contribution in [0.2, 0.25) is 0 Å². The fraction of sp³-hybridized carbons (Fsp3) is 0.389. The molecule has 1 aromatic heterocycles. The van der Waals surface area contributed by atoms with Crippen LogP contribution in [0.4, 0.5) is 0 Å². The van der Waals surface area contributed by atoms with Gasteiger partial charge in [0.05, 0.1) is 18.0 Å². The van der Waals surface area contributed by atoms with E-state index in [1.807, 2.05) is 19.1 Å². The molecule has 0 radical (unpaired) electrons. The average molecular weight is 361 g/mol. The largest absolute Gasteiger partial charge is 0.496 e. The Bertz CT molecular complexity index is 853. The Balaban J connectivity index is 2.05. The lowest BCUT2D eigenvalue weighted by Crippen LogP contribution is -2.48. The zero-order valence-corrected chi connectivity index (χ0v) is 15.5. The molecule has 2 heterocycles. The van der Waals surface area contributed by atoms with Crippen LogP contribution in [-0.4, -0.2) is 44.5 Å². The molecule has 1 aliphatic heterocycles. The summed E-state index contributed by atoms with van der Waals surface area (Å²) in [5.41, 5.74) is 2.38. The average Bonchev–Trinajstić information content (AvgIpc) is 2.64. The van der Waals surface area contributed by atoms with E-state index in [9.17, 15) is 8.42 Å². The van der Waals surface area contributed by atoms with Crippen LogP contribution in [-0.2, 0) is 10.0 Å². The van der Waals surface area contributed by atoms with Gasteiger partial charge in [0, 0.05) is 32.0 Å². The molecule has 0 aliphatic carbocycles. The summed E-state index contributed by atoms with van der Waals surface area (Å²) in [6.07, 6.45) is 3.42. The molecule has 1 saturated heterocycles. The molecule has 1 atom stereocenters. The highest BCUT2D eigenvalue weighted by Gasteiger charge is 2.35. The maximum Gasteiger partial charge on any atom is 0.243 e. The van der Waals surface area contributed by atoms with Crippen LogP contribution >= 0.6 is 0 Å². The molecule has 1 unspecified atom stereocenters. The lowest BCUT2D eigenvalue weighted by molar-refractivity contribution is 0.271. The van der Waals surface area contributed by atoms with E-state index in [4.69, 9.17) is 4.74 Å². The van der Waals surface area contributed by atoms with Crippen molar-refractivity contribution in [2.24, 2.45) is 0 Å². The Morgan fingerprint density at radius 1 is 1.28 bits per heavy atom. The monoisotopic (exact) mass is 361 g/mol. The molecule has 1 aliphatic rings. The molecule has 1 N–H and O–H groups in total. The number of aryl methyl sites for hydroxylation is 2. The van der Waals surface area contributed by atoms with Crippen molar-refractivity contribution in [1.82, 2.24) is 14.6 Å². The molecule has 134 valence electrons. The number of piperazine rings is 1. The van der Waals surface area contributed by atoms with Crippen molar-refractivity contribution >= 4 is 10.0 Å². The second-order valence-electron chi connectivity index (χ2n) is 6.21. The van der Waals surface area contributed by atoms with Gasteiger partial charge in [0.1, 0.15) is 5.75 Å². The van der Waals surface area contributed by atoms with E-state index in [2.05, 4.69) is 10.3 Å². The van der Waals surface area contributed by atoms with Crippen LogP contribution in [0.1, 0.15) is 22.7 Å². The maximum atomic E-state index is 13.4. The first-order valence-corrected chi connectivity index (χ1v) is 9.67. The quantitative estimate of drug-likeness (QED) is 0.902. The number of benzene rings is 1. The van der Waals surface area contributed by atoms with Crippen molar-refractivity contribution in [2.75, 3.05) is 26.7 Å². The molecule has 0 saturated carbocycles. The van der Waals surface area contributed by atoms with Gasteiger partial charge < -0.3 is 10.1 Å². The first-order valence-electron chi connectivity index (χ1n) is 8.23. The minimum Gasteiger partial charge on any atom is -0.496 e. The van der Waals surface area contributed by atoms with Gasteiger partial charge in [-0.3, -0.25) is 4.98 Å². The molecular weight excluding hydrogens is 338 g/mol. The normalized spacial score (nSPS) is 18.9. The molecule has 0 spiro atoms. The van der Waals surface area contributed by atoms with Crippen molar-refractivity contribution in [2.45, 2.75) is 24.8 Å². The minimum absolute atomic E-state index is 0.269. The van der Waals surface area contributed by atoms with E-state index in [1.54, 1.807) is 42.9 Å². The number of nitrogens with one attached hydrogen (secondary N) is 1. The van der Waals surface area contributed by atoms with E-state index < -0.39 is 10.0 Å². The van der Waals surface area contributed by atoms with Crippen molar-refractivity contribution in [1.29, 1.82) is 0 Å². The summed E-state index contributed by atoms with van der Waals surface area (Å²) >= 11 is 0. The van der Waals surface area contributed by atoms with Gasteiger partial charge in [-0.2, -0.15) is 4.31 Å². The van der Waals surface area contributed by atoms with Gasteiger partial charge in [0.15, 0.2) is 0 Å². The van der Waals surface area contributed by atoms with Crippen LogP contribution in [0.5, 0.6) is 5.75 Å². The molecule has 3 rings (SSSR count). The number of ether oxygens (including phenoxy) is 1. The molecule has 1 aromatic carbocycles. The summed E-state index contributed by atoms with van der Waals surface area (Å²) in [5, 5.41) is 3.28. The Hall–Kier alpha value is -1.96. The lowest BCUT2D eigenvalue weighted by Gasteiger charge is -2.35. The summed E-state index contributed by atoms with van der Waals surface area (Å²) in [4.78, 5) is 4.47. The second-order valence-corrected chi connectivity index (χ2v) is 8.07. The number of pyridine rings is 1. The van der Waals surface area contributed by atoms with E-state index in [-0.39, 0.29) is 6.04 Å². The van der Waals surface area contributed by atoms with Crippen LogP contribution in [0.15, 0.2) is 41.6 Å². The molecule has 0 bridgehead atoms. The lowest BCUT2D eigenvalue weighted by atomic mass is 10.1. The topological polar surface area (TPSA) is 71.5 Å². The van der Waals surface area contributed by atoms with Crippen molar-refractivity contribution in [3.05, 3.63) is 53.3 Å². The van der Waals surface area contributed by atoms with E-state index in [0.29, 0.717) is 35.8 Å². The molecule has 2 aromatic rings. The van der Waals surface area contributed by atoms with Gasteiger partial charge >= 0.3 is 0 Å². The van der Waals surface area contributed by atoms with Crippen molar-refractivity contribution in [3.8, 4) is 5.75 Å². The van der Waals surface area contributed by atoms with Gasteiger partial charge in [0.25, 0.3) is 0 Å². The first kappa shape index (κ1) is 17.8. The van der Waals surface area contributed by atoms with Gasteiger partial charge in [-0.25, -0.2) is 8.42 Å². The smallest absolute Gasteiger partial charge is 0.243 e. The number of hydrogen-bond acceptors (Lipinski definition) is 5. The van der Waals surface area contributed by atoms with E-state index in [0.717, 1.165) is 11.1 Å². The second kappa shape index (κ2) is 7.11. The Morgan fingerprint density at radius 3 is 2.76 bits per heavy atom. The SMILES string of the molecule is COc1cc(C)c(S(=O)(=O)N2CCNCC2c2cccnc2)cc1C. The van der Waals surface area contributed by atoms with Crippen LogP contribution in [0, 0.1) is 13.8 Å². The number of aromatic nitrogens is 1. The molecule has 1 fully saturated rings. The number of methoxy groups -OCH3 is 1. The molecule has 0 amide bonds. The fourth-order valence-electron chi connectivity index (χ4n) is 3.22. The number of hydrogen-bond donors (Lipinski definition) is 1. The maximum absolute atomic E-state index is 13.4. The summed E-state index contributed by atoms with van der Waals surface area (Å²) in [6, 6.07) is 6.96. The van der Waals surface area contributed by atoms with Gasteiger partial charge in [-0.15, -0.1) is 0 Å². The molecule has 25 heavy (non-hydrogen) atoms. The van der Waals surface area contributed by atoms with Gasteiger partial charge in [-0.05, 0) is 48.7 Å². The Morgan fingerprint density at radius 2 is 2.08 bits per heavy atom. The minimum atomic E-state index is -3.63. The number of nitrogens with zero attached hydrogens (tertiary/aromatic N) is 2. The third-order valence-electron chi connectivity index (χ3n) is 4.54. The van der Waals surface area contributed by atoms with Crippen molar-refractivity contribution < 1.29 is 13.2 Å². The highest BCUT2D eigenvalue weighted by Crippen LogP contribution is 2.32. The summed E-state index contributed by atoms with van der Waals surface area (Å²) < 4.78 is 33.6. The number of sulfonamides is 1. The van der Waals surface area contributed by atoms with Crippen molar-refractivity contribution in [3.63, 3.8) is 0 Å². The first-order chi connectivity index (χ1) is 11.9. The molecule has 7 heteroatoms. The standard InChI is InChI=1S/C18H23N3O3S/c1-13-10-18(14(2)9-17(13)24-3)25(22,23)21-8-7-20-12-16(21)15-5-4-6-19-11-15/h4-6,9-11,16,20H,7-8,12H2,1-3H3. The van der Waals surface area contributed by atoms with Gasteiger partial charge in [0.2, 0.25) is 10.0 Å². The van der Waals surface area contributed by atoms with E-state index >= 15 is 0 Å². The summed E-state index contributed by atoms with van der Waals surface area (Å²) in [5.74, 6) is 0.695. The predicted octanol–water partition coefficient (Wildman–Crippen LogP) is 2.04. The third kappa shape index (κ3) is 3.40. The molecular formula is C18H23N3O3S. The molecule has 6 nitrogen and oxygen atoms in total. The van der Waals surface area contributed by atoms with E-state index in [1.165, 1.54) is 0 Å².